The average molecular weight is 323 g/mol. The Morgan fingerprint density at radius 2 is 1.39 bits per heavy atom. The monoisotopic (exact) mass is 323 g/mol. The molecule has 0 saturated carbocycles. The van der Waals surface area contributed by atoms with Crippen molar-refractivity contribution in [1.82, 2.24) is 0 Å². The number of non-ortho nitro benzene ring substituents is 1. The zero-order chi connectivity index (χ0) is 18.4. The van der Waals surface area contributed by atoms with Crippen LogP contribution < -0.4 is 5.46 Å². The first kappa shape index (κ1) is 21.6. The molecule has 0 spiro atoms. The minimum Gasteiger partial charge on any atom is -0.399 e. The van der Waals surface area contributed by atoms with E-state index in [-0.39, 0.29) is 5.69 Å². The molecular formula is C17H30BNO4. The molecule has 130 valence electrons. The van der Waals surface area contributed by atoms with Crippen molar-refractivity contribution in [3.05, 3.63) is 33.9 Å². The van der Waals surface area contributed by atoms with E-state index in [9.17, 15) is 10.1 Å². The van der Waals surface area contributed by atoms with Crippen LogP contribution in [0.1, 0.15) is 61.0 Å². The molecule has 0 atom stereocenters. The summed E-state index contributed by atoms with van der Waals surface area (Å²) in [7, 11) is -0.566. The van der Waals surface area contributed by atoms with Crippen LogP contribution in [-0.4, -0.2) is 23.2 Å². The van der Waals surface area contributed by atoms with Crippen LogP contribution in [-0.2, 0) is 9.31 Å². The Morgan fingerprint density at radius 3 is 1.78 bits per heavy atom. The Labute approximate surface area is 140 Å². The molecule has 1 fully saturated rings. The summed E-state index contributed by atoms with van der Waals surface area (Å²) in [5, 5.41) is 10.9. The van der Waals surface area contributed by atoms with Gasteiger partial charge in [-0.15, -0.1) is 0 Å². The molecule has 0 aromatic heterocycles. The summed E-state index contributed by atoms with van der Waals surface area (Å²) in [5.41, 5.74) is 0.667. The summed E-state index contributed by atoms with van der Waals surface area (Å²) in [6.07, 6.45) is 0. The number of benzene rings is 1. The first-order valence-corrected chi connectivity index (χ1v) is 8.24. The van der Waals surface area contributed by atoms with E-state index in [4.69, 9.17) is 9.31 Å². The van der Waals surface area contributed by atoms with Gasteiger partial charge >= 0.3 is 7.12 Å². The SMILES string of the molecule is CC.CC.Cc1cc(B2OC(C)(C)C(C)(C)O2)cc([N+](=O)[O-])c1. The number of nitro groups is 1. The predicted molar refractivity (Wildman–Crippen MR) is 96.2 cm³/mol. The van der Waals surface area contributed by atoms with Gasteiger partial charge in [0, 0.05) is 12.1 Å². The molecule has 1 aromatic carbocycles. The fourth-order valence-electron chi connectivity index (χ4n) is 2.01. The number of aryl methyl sites for hydroxylation is 1. The minimum absolute atomic E-state index is 0.0599. The third-order valence-corrected chi connectivity index (χ3v) is 3.82. The summed E-state index contributed by atoms with van der Waals surface area (Å²) in [6.45, 7) is 17.6. The Hall–Kier alpha value is -1.40. The molecule has 6 heteroatoms. The van der Waals surface area contributed by atoms with Gasteiger partial charge in [-0.25, -0.2) is 0 Å². The van der Waals surface area contributed by atoms with Gasteiger partial charge in [-0.3, -0.25) is 10.1 Å². The van der Waals surface area contributed by atoms with Crippen molar-refractivity contribution in [1.29, 1.82) is 0 Å². The van der Waals surface area contributed by atoms with Crippen LogP contribution in [0, 0.1) is 17.0 Å². The number of hydrogen-bond donors (Lipinski definition) is 0. The third kappa shape index (κ3) is 5.04. The van der Waals surface area contributed by atoms with Crippen molar-refractivity contribution in [2.75, 3.05) is 0 Å². The van der Waals surface area contributed by atoms with E-state index in [1.54, 1.807) is 0 Å². The van der Waals surface area contributed by atoms with E-state index in [1.807, 2.05) is 68.4 Å². The number of nitro benzene ring substituents is 1. The molecule has 0 unspecified atom stereocenters. The maximum Gasteiger partial charge on any atom is 0.495 e. The van der Waals surface area contributed by atoms with Gasteiger partial charge in [-0.1, -0.05) is 33.8 Å². The molecule has 0 bridgehead atoms. The van der Waals surface area contributed by atoms with Crippen LogP contribution >= 0.6 is 0 Å². The molecule has 1 aliphatic rings. The van der Waals surface area contributed by atoms with Crippen molar-refractivity contribution in [2.24, 2.45) is 0 Å². The fourth-order valence-corrected chi connectivity index (χ4v) is 2.01. The molecule has 0 amide bonds. The zero-order valence-electron chi connectivity index (χ0n) is 15.9. The highest BCUT2D eigenvalue weighted by atomic mass is 16.7. The van der Waals surface area contributed by atoms with Gasteiger partial charge in [-0.2, -0.15) is 0 Å². The molecule has 23 heavy (non-hydrogen) atoms. The van der Waals surface area contributed by atoms with Crippen LogP contribution in [0.15, 0.2) is 18.2 Å². The van der Waals surface area contributed by atoms with E-state index in [0.29, 0.717) is 5.46 Å². The number of hydrogen-bond acceptors (Lipinski definition) is 4. The summed E-state index contributed by atoms with van der Waals surface area (Å²) in [4.78, 5) is 10.5. The molecule has 0 aliphatic carbocycles. The lowest BCUT2D eigenvalue weighted by molar-refractivity contribution is -0.384. The Balaban J connectivity index is 0.00000112. The Kier molecular flexibility index (Phi) is 7.94. The summed E-state index contributed by atoms with van der Waals surface area (Å²) < 4.78 is 11.8. The molecule has 1 heterocycles. The highest BCUT2D eigenvalue weighted by Gasteiger charge is 2.51. The van der Waals surface area contributed by atoms with E-state index < -0.39 is 23.2 Å². The highest BCUT2D eigenvalue weighted by molar-refractivity contribution is 6.62. The molecule has 1 saturated heterocycles. The standard InChI is InChI=1S/C13H18BNO4.2C2H6/c1-9-6-10(8-11(7-9)15(16)17)14-18-12(2,3)13(4,5)19-14;2*1-2/h6-8H,1-5H3;2*1-2H3. The lowest BCUT2D eigenvalue weighted by atomic mass is 9.78. The van der Waals surface area contributed by atoms with Crippen LogP contribution in [0.4, 0.5) is 5.69 Å². The first-order chi connectivity index (χ1) is 10.6. The van der Waals surface area contributed by atoms with E-state index >= 15 is 0 Å². The molecule has 0 N–H and O–H groups in total. The van der Waals surface area contributed by atoms with Gasteiger partial charge < -0.3 is 9.31 Å². The third-order valence-electron chi connectivity index (χ3n) is 3.82. The highest BCUT2D eigenvalue weighted by Crippen LogP contribution is 2.36. The van der Waals surface area contributed by atoms with Crippen molar-refractivity contribution >= 4 is 18.3 Å². The maximum atomic E-state index is 10.9. The second kappa shape index (κ2) is 8.46. The van der Waals surface area contributed by atoms with Gasteiger partial charge in [-0.05, 0) is 45.6 Å². The van der Waals surface area contributed by atoms with Crippen LogP contribution in [0.3, 0.4) is 0 Å². The van der Waals surface area contributed by atoms with Gasteiger partial charge in [0.1, 0.15) is 0 Å². The van der Waals surface area contributed by atoms with Crippen molar-refractivity contribution < 1.29 is 14.2 Å². The lowest BCUT2D eigenvalue weighted by Crippen LogP contribution is -2.41. The molecular weight excluding hydrogens is 293 g/mol. The van der Waals surface area contributed by atoms with E-state index in [2.05, 4.69) is 0 Å². The zero-order valence-corrected chi connectivity index (χ0v) is 15.9. The Morgan fingerprint density at radius 1 is 0.957 bits per heavy atom. The van der Waals surface area contributed by atoms with Gasteiger partial charge in [0.15, 0.2) is 0 Å². The second-order valence-corrected chi connectivity index (χ2v) is 5.95. The van der Waals surface area contributed by atoms with Crippen molar-refractivity contribution in [3.63, 3.8) is 0 Å². The Bertz CT molecular complexity index is 513. The largest absolute Gasteiger partial charge is 0.495 e. The number of rotatable bonds is 2. The molecule has 2 rings (SSSR count). The molecule has 1 aliphatic heterocycles. The molecule has 0 radical (unpaired) electrons. The number of nitrogens with zero attached hydrogens (tertiary/aromatic N) is 1. The van der Waals surface area contributed by atoms with Gasteiger partial charge in [0.2, 0.25) is 0 Å². The average Bonchev–Trinajstić information content (AvgIpc) is 2.71. The van der Waals surface area contributed by atoms with Crippen molar-refractivity contribution in [3.8, 4) is 0 Å². The van der Waals surface area contributed by atoms with E-state index in [0.717, 1.165) is 5.56 Å². The summed E-state index contributed by atoms with van der Waals surface area (Å²) in [5.74, 6) is 0. The summed E-state index contributed by atoms with van der Waals surface area (Å²) in [6, 6.07) is 4.90. The van der Waals surface area contributed by atoms with Crippen LogP contribution in [0.5, 0.6) is 0 Å². The quantitative estimate of drug-likeness (QED) is 0.463. The maximum absolute atomic E-state index is 10.9. The topological polar surface area (TPSA) is 61.6 Å². The van der Waals surface area contributed by atoms with E-state index in [1.165, 1.54) is 12.1 Å². The fraction of sp³-hybridized carbons (Fsp3) is 0.647. The predicted octanol–water partition coefficient (Wildman–Crippen LogP) is 4.25. The van der Waals surface area contributed by atoms with Crippen LogP contribution in [0.25, 0.3) is 0 Å². The summed E-state index contributed by atoms with van der Waals surface area (Å²) >= 11 is 0. The first-order valence-electron chi connectivity index (χ1n) is 8.24. The normalized spacial score (nSPS) is 17.5. The smallest absolute Gasteiger partial charge is 0.399 e. The van der Waals surface area contributed by atoms with Crippen LogP contribution in [0.2, 0.25) is 0 Å². The molecule has 1 aromatic rings. The second-order valence-electron chi connectivity index (χ2n) is 5.95. The molecule has 5 nitrogen and oxygen atoms in total. The lowest BCUT2D eigenvalue weighted by Gasteiger charge is -2.32. The van der Waals surface area contributed by atoms with Gasteiger partial charge in [0.25, 0.3) is 5.69 Å². The minimum atomic E-state index is -0.566. The van der Waals surface area contributed by atoms with Gasteiger partial charge in [0.05, 0.1) is 16.1 Å². The van der Waals surface area contributed by atoms with Crippen molar-refractivity contribution in [2.45, 2.75) is 73.5 Å².